The molecule has 0 rings (SSSR count). The van der Waals surface area contributed by atoms with Gasteiger partial charge in [0.2, 0.25) is 5.54 Å². The molecule has 0 aromatic rings. The van der Waals surface area contributed by atoms with E-state index in [4.69, 9.17) is 29.8 Å². The number of hydrogen-bond acceptors (Lipinski definition) is 7. The van der Waals surface area contributed by atoms with Crippen LogP contribution in [0.3, 0.4) is 0 Å². The monoisotopic (exact) mass is 307 g/mol. The summed E-state index contributed by atoms with van der Waals surface area (Å²) in [5.41, 5.74) is 2.52. The maximum absolute atomic E-state index is 11.9. The van der Waals surface area contributed by atoms with E-state index in [0.29, 0.717) is 13.2 Å². The van der Waals surface area contributed by atoms with Crippen molar-refractivity contribution in [2.75, 3.05) is 40.1 Å². The summed E-state index contributed by atoms with van der Waals surface area (Å²) in [6.45, 7) is 5.58. The van der Waals surface area contributed by atoms with Gasteiger partial charge in [-0.05, 0) is 20.8 Å². The SMILES string of the molecule is COCCOCCOC[C@](N)(C(=O)O)C(=O)OC(C)(C)C. The average Bonchev–Trinajstić information content (AvgIpc) is 2.35. The molecule has 0 saturated carbocycles. The molecule has 0 aromatic heterocycles. The zero-order valence-electron chi connectivity index (χ0n) is 13.0. The van der Waals surface area contributed by atoms with E-state index in [9.17, 15) is 9.59 Å². The normalized spacial score (nSPS) is 14.5. The van der Waals surface area contributed by atoms with E-state index in [1.807, 2.05) is 0 Å². The summed E-state index contributed by atoms with van der Waals surface area (Å²) in [6.07, 6.45) is 0. The number of aliphatic carboxylic acids is 1. The fourth-order valence-corrected chi connectivity index (χ4v) is 1.17. The Bertz CT molecular complexity index is 340. The molecule has 0 amide bonds. The van der Waals surface area contributed by atoms with Gasteiger partial charge in [-0.3, -0.25) is 0 Å². The highest BCUT2D eigenvalue weighted by Crippen LogP contribution is 2.14. The molecule has 3 N–H and O–H groups in total. The van der Waals surface area contributed by atoms with Crippen LogP contribution in [0.1, 0.15) is 20.8 Å². The molecule has 8 heteroatoms. The van der Waals surface area contributed by atoms with Gasteiger partial charge < -0.3 is 29.8 Å². The van der Waals surface area contributed by atoms with Gasteiger partial charge in [0, 0.05) is 7.11 Å². The number of carbonyl (C=O) groups excluding carboxylic acids is 1. The predicted molar refractivity (Wildman–Crippen MR) is 73.9 cm³/mol. The van der Waals surface area contributed by atoms with Gasteiger partial charge in [-0.25, -0.2) is 9.59 Å². The van der Waals surface area contributed by atoms with Crippen LogP contribution >= 0.6 is 0 Å². The molecule has 21 heavy (non-hydrogen) atoms. The topological polar surface area (TPSA) is 117 Å². The Kier molecular flexibility index (Phi) is 8.41. The number of carboxylic acid groups (broad SMARTS) is 1. The third kappa shape index (κ3) is 7.96. The molecule has 0 fully saturated rings. The molecule has 0 heterocycles. The van der Waals surface area contributed by atoms with E-state index in [1.165, 1.54) is 0 Å². The van der Waals surface area contributed by atoms with Crippen molar-refractivity contribution < 1.29 is 33.6 Å². The second-order valence-corrected chi connectivity index (χ2v) is 5.44. The molecule has 0 aromatic carbocycles. The maximum atomic E-state index is 11.9. The molecular formula is C13H25NO7. The lowest BCUT2D eigenvalue weighted by molar-refractivity contribution is -0.172. The van der Waals surface area contributed by atoms with Crippen LogP contribution in [-0.2, 0) is 28.5 Å². The second kappa shape index (κ2) is 8.93. The lowest BCUT2D eigenvalue weighted by Gasteiger charge is -2.27. The second-order valence-electron chi connectivity index (χ2n) is 5.44. The Morgan fingerprint density at radius 1 is 1.05 bits per heavy atom. The number of esters is 1. The van der Waals surface area contributed by atoms with Crippen LogP contribution in [0, 0.1) is 0 Å². The lowest BCUT2D eigenvalue weighted by atomic mass is 10.0. The molecule has 1 atom stereocenters. The molecular weight excluding hydrogens is 282 g/mol. The zero-order valence-corrected chi connectivity index (χ0v) is 13.0. The van der Waals surface area contributed by atoms with Crippen LogP contribution in [-0.4, -0.2) is 68.3 Å². The Morgan fingerprint density at radius 3 is 2.05 bits per heavy atom. The van der Waals surface area contributed by atoms with Gasteiger partial charge in [-0.2, -0.15) is 0 Å². The Balaban J connectivity index is 4.29. The fraction of sp³-hybridized carbons (Fsp3) is 0.846. The van der Waals surface area contributed by atoms with Crippen LogP contribution in [0.2, 0.25) is 0 Å². The zero-order chi connectivity index (χ0) is 16.5. The van der Waals surface area contributed by atoms with Crippen molar-refractivity contribution >= 4 is 11.9 Å². The van der Waals surface area contributed by atoms with Crippen molar-refractivity contribution in [1.29, 1.82) is 0 Å². The van der Waals surface area contributed by atoms with Gasteiger partial charge in [0.05, 0.1) is 33.0 Å². The third-order valence-corrected chi connectivity index (χ3v) is 2.28. The first-order valence-corrected chi connectivity index (χ1v) is 6.53. The minimum Gasteiger partial charge on any atom is -0.479 e. The quantitative estimate of drug-likeness (QED) is 0.323. The highest BCUT2D eigenvalue weighted by molar-refractivity contribution is 6.04. The van der Waals surface area contributed by atoms with E-state index < -0.39 is 29.7 Å². The number of nitrogens with two attached hydrogens (primary N) is 1. The highest BCUT2D eigenvalue weighted by atomic mass is 16.6. The predicted octanol–water partition coefficient (Wildman–Crippen LogP) is -0.210. The molecule has 0 radical (unpaired) electrons. The van der Waals surface area contributed by atoms with Crippen molar-refractivity contribution in [2.45, 2.75) is 31.9 Å². The summed E-state index contributed by atoms with van der Waals surface area (Å²) < 4.78 is 20.0. The number of methoxy groups -OCH3 is 1. The van der Waals surface area contributed by atoms with E-state index in [0.717, 1.165) is 0 Å². The molecule has 124 valence electrons. The summed E-state index contributed by atoms with van der Waals surface area (Å²) in [6, 6.07) is 0. The summed E-state index contributed by atoms with van der Waals surface area (Å²) in [4.78, 5) is 23.1. The van der Waals surface area contributed by atoms with Crippen molar-refractivity contribution in [3.63, 3.8) is 0 Å². The van der Waals surface area contributed by atoms with E-state index >= 15 is 0 Å². The van der Waals surface area contributed by atoms with Crippen molar-refractivity contribution in [2.24, 2.45) is 5.73 Å². The minimum atomic E-state index is -2.24. The first-order chi connectivity index (χ1) is 9.63. The van der Waals surface area contributed by atoms with Gasteiger partial charge in [0.25, 0.3) is 0 Å². The number of rotatable bonds is 10. The molecule has 0 bridgehead atoms. The Labute approximate surface area is 124 Å². The number of carboxylic acids is 1. The number of hydrogen-bond donors (Lipinski definition) is 2. The van der Waals surface area contributed by atoms with E-state index in [1.54, 1.807) is 27.9 Å². The minimum absolute atomic E-state index is 0.110. The summed E-state index contributed by atoms with van der Waals surface area (Å²) in [5, 5.41) is 9.12. The fourth-order valence-electron chi connectivity index (χ4n) is 1.17. The average molecular weight is 307 g/mol. The molecule has 0 aliphatic carbocycles. The van der Waals surface area contributed by atoms with Crippen LogP contribution in [0.15, 0.2) is 0 Å². The largest absolute Gasteiger partial charge is 0.479 e. The smallest absolute Gasteiger partial charge is 0.340 e. The van der Waals surface area contributed by atoms with Gasteiger partial charge >= 0.3 is 11.9 Å². The Hall–Kier alpha value is -1.22. The van der Waals surface area contributed by atoms with Crippen LogP contribution < -0.4 is 5.73 Å². The highest BCUT2D eigenvalue weighted by Gasteiger charge is 2.46. The van der Waals surface area contributed by atoms with Crippen molar-refractivity contribution in [3.8, 4) is 0 Å². The van der Waals surface area contributed by atoms with E-state index in [2.05, 4.69) is 0 Å². The summed E-state index contributed by atoms with van der Waals surface area (Å²) in [7, 11) is 1.55. The van der Waals surface area contributed by atoms with Gasteiger partial charge in [0.1, 0.15) is 5.60 Å². The van der Waals surface area contributed by atoms with Crippen molar-refractivity contribution in [3.05, 3.63) is 0 Å². The van der Waals surface area contributed by atoms with Gasteiger partial charge in [-0.15, -0.1) is 0 Å². The number of ether oxygens (including phenoxy) is 4. The third-order valence-electron chi connectivity index (χ3n) is 2.28. The van der Waals surface area contributed by atoms with Crippen LogP contribution in [0.25, 0.3) is 0 Å². The van der Waals surface area contributed by atoms with Gasteiger partial charge in [0.15, 0.2) is 0 Å². The first-order valence-electron chi connectivity index (χ1n) is 6.53. The summed E-state index contributed by atoms with van der Waals surface area (Å²) in [5.74, 6) is -2.54. The number of carbonyl (C=O) groups is 2. The van der Waals surface area contributed by atoms with Crippen molar-refractivity contribution in [1.82, 2.24) is 0 Å². The first kappa shape index (κ1) is 19.8. The molecule has 0 saturated heterocycles. The van der Waals surface area contributed by atoms with Gasteiger partial charge in [-0.1, -0.05) is 0 Å². The van der Waals surface area contributed by atoms with Crippen LogP contribution in [0.4, 0.5) is 0 Å². The van der Waals surface area contributed by atoms with E-state index in [-0.39, 0.29) is 13.2 Å². The molecule has 0 unspecified atom stereocenters. The lowest BCUT2D eigenvalue weighted by Crippen LogP contribution is -2.60. The standard InChI is InChI=1S/C13H25NO7/c1-12(2,3)21-11(17)13(14,10(15)16)9-20-8-7-19-6-5-18-4/h5-9,14H2,1-4H3,(H,15,16)/t13-/m0/s1. The summed E-state index contributed by atoms with van der Waals surface area (Å²) >= 11 is 0. The molecule has 0 aliphatic heterocycles. The molecule has 0 spiro atoms. The Morgan fingerprint density at radius 2 is 1.57 bits per heavy atom. The molecule has 0 aliphatic rings. The van der Waals surface area contributed by atoms with Crippen LogP contribution in [0.5, 0.6) is 0 Å². The maximum Gasteiger partial charge on any atom is 0.340 e. The molecule has 8 nitrogen and oxygen atoms in total.